The minimum atomic E-state index is 0.403. The molecule has 0 saturated carbocycles. The molecule has 2 aromatic carbocycles. The Morgan fingerprint density at radius 2 is 2.17 bits per heavy atom. The molecule has 1 aliphatic heterocycles. The van der Waals surface area contributed by atoms with E-state index in [1.807, 2.05) is 12.1 Å². The van der Waals surface area contributed by atoms with Gasteiger partial charge in [0.1, 0.15) is 16.8 Å². The van der Waals surface area contributed by atoms with Crippen molar-refractivity contribution >= 4 is 40.7 Å². The third-order valence-electron chi connectivity index (χ3n) is 5.20. The average molecular weight is 416 g/mol. The monoisotopic (exact) mass is 415 g/mol. The maximum Gasteiger partial charge on any atom is 0.295 e. The van der Waals surface area contributed by atoms with Gasteiger partial charge < -0.3 is 24.1 Å². The Morgan fingerprint density at radius 1 is 1.31 bits per heavy atom. The topological polar surface area (TPSA) is 76.8 Å². The fraction of sp³-hybridized carbons (Fsp3) is 0.333. The summed E-state index contributed by atoms with van der Waals surface area (Å²) in [7, 11) is 3.11. The maximum atomic E-state index is 11.5. The second-order valence-corrected chi connectivity index (χ2v) is 7.40. The van der Waals surface area contributed by atoms with Gasteiger partial charge in [0.15, 0.2) is 17.6 Å². The summed E-state index contributed by atoms with van der Waals surface area (Å²) < 4.78 is 16.5. The number of hydrogen-bond donors (Lipinski definition) is 1. The highest BCUT2D eigenvalue weighted by atomic mass is 35.5. The Kier molecular flexibility index (Phi) is 5.49. The number of oxazole rings is 1. The number of methoxy groups -OCH3 is 2. The minimum Gasteiger partial charge on any atom is -0.496 e. The van der Waals surface area contributed by atoms with E-state index in [0.717, 1.165) is 43.5 Å². The summed E-state index contributed by atoms with van der Waals surface area (Å²) in [6.45, 7) is 2.44. The van der Waals surface area contributed by atoms with Crippen LogP contribution in [0.15, 0.2) is 34.7 Å². The number of rotatable bonds is 7. The molecule has 1 atom stereocenters. The first-order valence-electron chi connectivity index (χ1n) is 9.38. The first-order chi connectivity index (χ1) is 14.1. The minimum absolute atomic E-state index is 0.403. The first-order valence-corrected chi connectivity index (χ1v) is 9.75. The number of ether oxygens (including phenoxy) is 2. The van der Waals surface area contributed by atoms with Gasteiger partial charge in [-0.05, 0) is 36.6 Å². The summed E-state index contributed by atoms with van der Waals surface area (Å²) in [5, 5.41) is 3.90. The molecule has 0 radical (unpaired) electrons. The number of fused-ring (bicyclic) bond motifs is 1. The zero-order valence-electron chi connectivity index (χ0n) is 16.3. The fourth-order valence-corrected chi connectivity index (χ4v) is 3.91. The van der Waals surface area contributed by atoms with Crippen molar-refractivity contribution < 1.29 is 18.7 Å². The zero-order chi connectivity index (χ0) is 20.4. The van der Waals surface area contributed by atoms with Crippen LogP contribution in [-0.2, 0) is 0 Å². The number of carbonyl (C=O) groups excluding carboxylic acids is 1. The van der Waals surface area contributed by atoms with Crippen LogP contribution in [-0.4, -0.2) is 45.1 Å². The summed E-state index contributed by atoms with van der Waals surface area (Å²) in [4.78, 5) is 18.2. The summed E-state index contributed by atoms with van der Waals surface area (Å²) in [6, 6.07) is 9.62. The van der Waals surface area contributed by atoms with Crippen molar-refractivity contribution in [2.24, 2.45) is 5.92 Å². The van der Waals surface area contributed by atoms with E-state index in [0.29, 0.717) is 39.6 Å². The Labute approximate surface area is 173 Å². The van der Waals surface area contributed by atoms with Crippen LogP contribution in [0.3, 0.4) is 0 Å². The van der Waals surface area contributed by atoms with E-state index in [2.05, 4.69) is 15.2 Å². The van der Waals surface area contributed by atoms with Crippen LogP contribution >= 0.6 is 11.6 Å². The highest BCUT2D eigenvalue weighted by Crippen LogP contribution is 2.39. The second kappa shape index (κ2) is 8.21. The van der Waals surface area contributed by atoms with Crippen molar-refractivity contribution in [2.75, 3.05) is 44.1 Å². The van der Waals surface area contributed by atoms with Gasteiger partial charge in [0.25, 0.3) is 6.01 Å². The number of aldehydes is 1. The molecule has 8 heteroatoms. The lowest BCUT2D eigenvalue weighted by Gasteiger charge is -2.23. The van der Waals surface area contributed by atoms with Crippen LogP contribution in [0.1, 0.15) is 16.8 Å². The molecule has 152 valence electrons. The van der Waals surface area contributed by atoms with Crippen LogP contribution in [0.5, 0.6) is 11.5 Å². The Morgan fingerprint density at radius 3 is 2.93 bits per heavy atom. The first kappa shape index (κ1) is 19.4. The predicted molar refractivity (Wildman–Crippen MR) is 113 cm³/mol. The van der Waals surface area contributed by atoms with Crippen molar-refractivity contribution in [1.29, 1.82) is 0 Å². The molecule has 4 rings (SSSR count). The molecule has 1 N–H and O–H groups in total. The van der Waals surface area contributed by atoms with Crippen LogP contribution in [0.25, 0.3) is 11.1 Å². The number of benzene rings is 2. The molecule has 0 aliphatic carbocycles. The van der Waals surface area contributed by atoms with E-state index in [4.69, 9.17) is 25.5 Å². The van der Waals surface area contributed by atoms with E-state index in [-0.39, 0.29) is 0 Å². The van der Waals surface area contributed by atoms with Gasteiger partial charge in [-0.1, -0.05) is 11.6 Å². The lowest BCUT2D eigenvalue weighted by molar-refractivity contribution is 0.111. The standard InChI is InChI=1S/C21H22ClN3O4/c1-27-18-6-5-17(20(28-2)15(18)12-26)25-8-7-13(11-25)10-23-21-24-16-4-3-14(22)9-19(16)29-21/h3-6,9,12-13H,7-8,10-11H2,1-2H3,(H,23,24). The van der Waals surface area contributed by atoms with Crippen LogP contribution in [0.4, 0.5) is 11.7 Å². The molecule has 0 spiro atoms. The molecule has 1 saturated heterocycles. The number of halogens is 1. The molecule has 3 aromatic rings. The van der Waals surface area contributed by atoms with Crippen LogP contribution in [0.2, 0.25) is 5.02 Å². The molecule has 2 heterocycles. The van der Waals surface area contributed by atoms with Gasteiger partial charge in [0.2, 0.25) is 0 Å². The fourth-order valence-electron chi connectivity index (χ4n) is 3.75. The molecule has 1 aromatic heterocycles. The Hall–Kier alpha value is -2.93. The number of nitrogens with one attached hydrogen (secondary N) is 1. The summed E-state index contributed by atoms with van der Waals surface area (Å²) in [5.41, 5.74) is 2.76. The van der Waals surface area contributed by atoms with Crippen LogP contribution < -0.4 is 19.7 Å². The Balaban J connectivity index is 1.44. The average Bonchev–Trinajstić information content (AvgIpc) is 3.37. The molecule has 1 unspecified atom stereocenters. The van der Waals surface area contributed by atoms with Crippen LogP contribution in [0, 0.1) is 5.92 Å². The van der Waals surface area contributed by atoms with Gasteiger partial charge in [-0.15, -0.1) is 0 Å². The molecule has 1 aliphatic rings. The maximum absolute atomic E-state index is 11.5. The number of carbonyl (C=O) groups is 1. The molecule has 0 bridgehead atoms. The molecule has 29 heavy (non-hydrogen) atoms. The van der Waals surface area contributed by atoms with Crippen molar-refractivity contribution in [3.05, 3.63) is 40.9 Å². The predicted octanol–water partition coefficient (Wildman–Crippen LogP) is 4.25. The molecule has 0 amide bonds. The van der Waals surface area contributed by atoms with E-state index >= 15 is 0 Å². The van der Waals surface area contributed by atoms with E-state index in [1.54, 1.807) is 32.4 Å². The summed E-state index contributed by atoms with van der Waals surface area (Å²) in [5.74, 6) is 1.46. The zero-order valence-corrected chi connectivity index (χ0v) is 17.0. The number of nitrogens with zero attached hydrogens (tertiary/aromatic N) is 2. The van der Waals surface area contributed by atoms with Gasteiger partial charge in [0.05, 0.1) is 19.9 Å². The van der Waals surface area contributed by atoms with Gasteiger partial charge in [-0.3, -0.25) is 4.79 Å². The largest absolute Gasteiger partial charge is 0.496 e. The highest BCUT2D eigenvalue weighted by Gasteiger charge is 2.27. The van der Waals surface area contributed by atoms with Gasteiger partial charge in [0, 0.05) is 30.7 Å². The van der Waals surface area contributed by atoms with E-state index in [9.17, 15) is 4.79 Å². The quantitative estimate of drug-likeness (QED) is 0.578. The molecular formula is C21H22ClN3O4. The number of aromatic nitrogens is 1. The Bertz CT molecular complexity index is 1040. The summed E-state index contributed by atoms with van der Waals surface area (Å²) in [6.07, 6.45) is 1.78. The lowest BCUT2D eigenvalue weighted by Crippen LogP contribution is -2.23. The van der Waals surface area contributed by atoms with Gasteiger partial charge >= 0.3 is 0 Å². The molecular weight excluding hydrogens is 394 g/mol. The third-order valence-corrected chi connectivity index (χ3v) is 5.43. The van der Waals surface area contributed by atoms with E-state index in [1.165, 1.54) is 0 Å². The van der Waals surface area contributed by atoms with Crippen molar-refractivity contribution in [2.45, 2.75) is 6.42 Å². The lowest BCUT2D eigenvalue weighted by atomic mass is 10.1. The molecule has 7 nitrogen and oxygen atoms in total. The van der Waals surface area contributed by atoms with Gasteiger partial charge in [-0.2, -0.15) is 4.98 Å². The summed E-state index contributed by atoms with van der Waals surface area (Å²) >= 11 is 5.99. The third kappa shape index (κ3) is 3.82. The highest BCUT2D eigenvalue weighted by molar-refractivity contribution is 6.31. The van der Waals surface area contributed by atoms with Gasteiger partial charge in [-0.25, -0.2) is 0 Å². The smallest absolute Gasteiger partial charge is 0.295 e. The van der Waals surface area contributed by atoms with E-state index < -0.39 is 0 Å². The second-order valence-electron chi connectivity index (χ2n) is 6.96. The normalized spacial score (nSPS) is 16.2. The number of hydrogen-bond acceptors (Lipinski definition) is 7. The van der Waals surface area contributed by atoms with Crippen molar-refractivity contribution in [3.63, 3.8) is 0 Å². The van der Waals surface area contributed by atoms with Crippen molar-refractivity contribution in [1.82, 2.24) is 4.98 Å². The SMILES string of the molecule is COc1ccc(N2CCC(CNc3nc4ccc(Cl)cc4o3)C2)c(OC)c1C=O. The number of anilines is 2. The molecule has 1 fully saturated rings. The van der Waals surface area contributed by atoms with Crippen molar-refractivity contribution in [3.8, 4) is 11.5 Å².